The van der Waals surface area contributed by atoms with E-state index < -0.39 is 0 Å². The van der Waals surface area contributed by atoms with Crippen molar-refractivity contribution >= 4 is 5.78 Å². The number of ketones is 1. The third kappa shape index (κ3) is 1.95. The van der Waals surface area contributed by atoms with E-state index in [1.54, 1.807) is 0 Å². The normalized spacial score (nSPS) is 48.7. The zero-order chi connectivity index (χ0) is 16.2. The number of hydrogen-bond donors (Lipinski definition) is 0. The lowest BCUT2D eigenvalue weighted by Gasteiger charge is -2.55. The van der Waals surface area contributed by atoms with E-state index >= 15 is 0 Å². The molecular formula is C21H29NO. The average Bonchev–Trinajstić information content (AvgIpc) is 2.87. The molecule has 4 aliphatic rings. The van der Waals surface area contributed by atoms with Crippen LogP contribution in [-0.2, 0) is 4.79 Å². The summed E-state index contributed by atoms with van der Waals surface area (Å²) in [6, 6.07) is 2.77. The predicted octanol–water partition coefficient (Wildman–Crippen LogP) is 5.05. The number of carbonyl (C=O) groups is 1. The molecule has 3 fully saturated rings. The van der Waals surface area contributed by atoms with Crippen LogP contribution >= 0.6 is 0 Å². The summed E-state index contributed by atoms with van der Waals surface area (Å²) in [6.07, 6.45) is 12.1. The van der Waals surface area contributed by atoms with Crippen molar-refractivity contribution in [2.75, 3.05) is 0 Å². The van der Waals surface area contributed by atoms with Gasteiger partial charge in [-0.1, -0.05) is 19.4 Å². The van der Waals surface area contributed by atoms with Gasteiger partial charge >= 0.3 is 0 Å². The Labute approximate surface area is 140 Å². The second kappa shape index (κ2) is 5.20. The molecule has 0 aromatic heterocycles. The number of fused-ring (bicyclic) bond motifs is 5. The standard InChI is InChI=1S/C21H29NO/c1-3-21(13-22)11-9-19-18-6-4-14-12-15(23)5-7-16(14)17(18)8-10-20(19,21)2/h12,16-19H,3-11H2,1-2H3. The van der Waals surface area contributed by atoms with Crippen molar-refractivity contribution in [3.8, 4) is 6.07 Å². The Bertz CT molecular complexity index is 599. The first-order valence-corrected chi connectivity index (χ1v) is 9.69. The number of hydrogen-bond acceptors (Lipinski definition) is 2. The summed E-state index contributed by atoms with van der Waals surface area (Å²) < 4.78 is 0. The van der Waals surface area contributed by atoms with Crippen LogP contribution in [0.3, 0.4) is 0 Å². The van der Waals surface area contributed by atoms with Crippen LogP contribution in [0.2, 0.25) is 0 Å². The number of rotatable bonds is 1. The zero-order valence-electron chi connectivity index (χ0n) is 14.6. The van der Waals surface area contributed by atoms with Gasteiger partial charge in [-0.15, -0.1) is 0 Å². The van der Waals surface area contributed by atoms with Gasteiger partial charge in [-0.2, -0.15) is 5.26 Å². The van der Waals surface area contributed by atoms with Crippen molar-refractivity contribution in [3.05, 3.63) is 11.6 Å². The van der Waals surface area contributed by atoms with Crippen LogP contribution < -0.4 is 0 Å². The molecule has 0 spiro atoms. The second-order valence-corrected chi connectivity index (χ2v) is 8.85. The van der Waals surface area contributed by atoms with E-state index in [1.165, 1.54) is 31.3 Å². The van der Waals surface area contributed by atoms with Gasteiger partial charge in [-0.25, -0.2) is 0 Å². The van der Waals surface area contributed by atoms with Crippen LogP contribution in [0.15, 0.2) is 11.6 Å². The molecule has 0 N–H and O–H groups in total. The maximum Gasteiger partial charge on any atom is 0.155 e. The predicted molar refractivity (Wildman–Crippen MR) is 90.4 cm³/mol. The number of nitriles is 1. The molecule has 0 amide bonds. The molecule has 4 aliphatic carbocycles. The fourth-order valence-corrected chi connectivity index (χ4v) is 7.16. The van der Waals surface area contributed by atoms with E-state index in [9.17, 15) is 10.1 Å². The molecule has 4 rings (SSSR count). The van der Waals surface area contributed by atoms with Gasteiger partial charge in [-0.05, 0) is 86.5 Å². The lowest BCUT2D eigenvalue weighted by molar-refractivity contribution is -0.116. The highest BCUT2D eigenvalue weighted by Crippen LogP contribution is 2.68. The van der Waals surface area contributed by atoms with Crippen molar-refractivity contribution in [2.45, 2.75) is 71.6 Å². The Hall–Kier alpha value is -1.10. The molecule has 0 bridgehead atoms. The lowest BCUT2D eigenvalue weighted by atomic mass is 9.48. The van der Waals surface area contributed by atoms with E-state index in [-0.39, 0.29) is 10.8 Å². The van der Waals surface area contributed by atoms with E-state index in [4.69, 9.17) is 0 Å². The minimum Gasteiger partial charge on any atom is -0.295 e. The molecule has 0 aromatic carbocycles. The third-order valence-corrected chi connectivity index (χ3v) is 8.48. The Morgan fingerprint density at radius 3 is 2.74 bits per heavy atom. The monoisotopic (exact) mass is 311 g/mol. The molecule has 6 atom stereocenters. The van der Waals surface area contributed by atoms with Gasteiger partial charge < -0.3 is 0 Å². The molecule has 2 nitrogen and oxygen atoms in total. The summed E-state index contributed by atoms with van der Waals surface area (Å²) >= 11 is 0. The van der Waals surface area contributed by atoms with Gasteiger partial charge in [0, 0.05) is 6.42 Å². The van der Waals surface area contributed by atoms with Gasteiger partial charge in [0.15, 0.2) is 5.78 Å². The van der Waals surface area contributed by atoms with E-state index in [1.807, 2.05) is 6.08 Å². The minimum atomic E-state index is -0.0821. The fourth-order valence-electron chi connectivity index (χ4n) is 7.16. The molecule has 2 heteroatoms. The Balaban J connectivity index is 1.65. The highest BCUT2D eigenvalue weighted by molar-refractivity contribution is 5.91. The Kier molecular flexibility index (Phi) is 3.49. The van der Waals surface area contributed by atoms with Gasteiger partial charge in [0.2, 0.25) is 0 Å². The highest BCUT2D eigenvalue weighted by Gasteiger charge is 2.62. The van der Waals surface area contributed by atoms with Gasteiger partial charge in [-0.3, -0.25) is 4.79 Å². The van der Waals surface area contributed by atoms with Crippen molar-refractivity contribution in [2.24, 2.45) is 34.5 Å². The van der Waals surface area contributed by atoms with Gasteiger partial charge in [0.25, 0.3) is 0 Å². The number of carbonyl (C=O) groups excluding carboxylic acids is 1. The Morgan fingerprint density at radius 2 is 2.00 bits per heavy atom. The molecule has 0 aliphatic heterocycles. The largest absolute Gasteiger partial charge is 0.295 e. The van der Waals surface area contributed by atoms with E-state index in [0.717, 1.165) is 49.9 Å². The summed E-state index contributed by atoms with van der Waals surface area (Å²) in [5.74, 6) is 3.35. The lowest BCUT2D eigenvalue weighted by Crippen LogP contribution is -2.49. The zero-order valence-corrected chi connectivity index (χ0v) is 14.6. The van der Waals surface area contributed by atoms with Crippen LogP contribution in [0.25, 0.3) is 0 Å². The molecule has 0 aromatic rings. The van der Waals surface area contributed by atoms with Crippen molar-refractivity contribution in [1.82, 2.24) is 0 Å². The van der Waals surface area contributed by atoms with E-state index in [0.29, 0.717) is 11.7 Å². The summed E-state index contributed by atoms with van der Waals surface area (Å²) in [5, 5.41) is 9.94. The summed E-state index contributed by atoms with van der Waals surface area (Å²) in [7, 11) is 0. The van der Waals surface area contributed by atoms with Crippen LogP contribution in [0.1, 0.15) is 71.6 Å². The average molecular weight is 311 g/mol. The molecule has 0 heterocycles. The first-order chi connectivity index (χ1) is 11.0. The van der Waals surface area contributed by atoms with Gasteiger partial charge in [0.05, 0.1) is 11.5 Å². The topological polar surface area (TPSA) is 40.9 Å². The number of allylic oxidation sites excluding steroid dienone is 1. The molecule has 124 valence electrons. The third-order valence-electron chi connectivity index (χ3n) is 8.48. The highest BCUT2D eigenvalue weighted by atomic mass is 16.1. The van der Waals surface area contributed by atoms with Crippen LogP contribution in [0, 0.1) is 45.8 Å². The van der Waals surface area contributed by atoms with Crippen LogP contribution in [0.5, 0.6) is 0 Å². The quantitative estimate of drug-likeness (QED) is 0.680. The smallest absolute Gasteiger partial charge is 0.155 e. The van der Waals surface area contributed by atoms with Crippen LogP contribution in [0.4, 0.5) is 0 Å². The first kappa shape index (κ1) is 15.4. The van der Waals surface area contributed by atoms with Crippen LogP contribution in [-0.4, -0.2) is 5.78 Å². The first-order valence-electron chi connectivity index (χ1n) is 9.69. The van der Waals surface area contributed by atoms with Gasteiger partial charge in [0.1, 0.15) is 0 Å². The molecule has 0 saturated heterocycles. The fraction of sp³-hybridized carbons (Fsp3) is 0.810. The van der Waals surface area contributed by atoms with E-state index in [2.05, 4.69) is 19.9 Å². The summed E-state index contributed by atoms with van der Waals surface area (Å²) in [5.41, 5.74) is 1.61. The maximum atomic E-state index is 11.8. The molecule has 6 unspecified atom stereocenters. The molecule has 0 radical (unpaired) electrons. The summed E-state index contributed by atoms with van der Waals surface area (Å²) in [6.45, 7) is 4.65. The maximum absolute atomic E-state index is 11.8. The van der Waals surface area contributed by atoms with Crippen molar-refractivity contribution in [1.29, 1.82) is 5.26 Å². The molecule has 23 heavy (non-hydrogen) atoms. The number of nitrogens with zero attached hydrogens (tertiary/aromatic N) is 1. The molecule has 3 saturated carbocycles. The SMILES string of the molecule is CCC1(C#N)CCC2C3CCC4=CC(=O)CCC4C3CCC21C. The Morgan fingerprint density at radius 1 is 1.17 bits per heavy atom. The van der Waals surface area contributed by atoms with Crippen molar-refractivity contribution in [3.63, 3.8) is 0 Å². The second-order valence-electron chi connectivity index (χ2n) is 8.85. The summed E-state index contributed by atoms with van der Waals surface area (Å²) in [4.78, 5) is 11.8. The molecular weight excluding hydrogens is 282 g/mol. The minimum absolute atomic E-state index is 0.0821. The van der Waals surface area contributed by atoms with Crippen molar-refractivity contribution < 1.29 is 4.79 Å².